The molecule has 0 radical (unpaired) electrons. The van der Waals surface area contributed by atoms with Crippen LogP contribution in [-0.4, -0.2) is 37.7 Å². The number of para-hydroxylation sites is 1. The standard InChI is InChI=1S/C25H27NO5/c1-16(2)11-13-30-18-8-6-7-17(15-18)22-21-23(27)19-9-4-5-10-20(19)31-24(21)25(28)26(22)12-14-29-3/h4-10,15-16,22H,11-14H2,1-3H3/t22-/m1/s1. The van der Waals surface area contributed by atoms with E-state index in [2.05, 4.69) is 13.8 Å². The Morgan fingerprint density at radius 2 is 1.87 bits per heavy atom. The molecule has 3 aromatic rings. The van der Waals surface area contributed by atoms with Crippen LogP contribution in [0.1, 0.15) is 48.0 Å². The third-order valence-corrected chi connectivity index (χ3v) is 5.55. The van der Waals surface area contributed by atoms with E-state index in [1.807, 2.05) is 24.3 Å². The van der Waals surface area contributed by atoms with Gasteiger partial charge in [-0.05, 0) is 42.2 Å². The largest absolute Gasteiger partial charge is 0.494 e. The topological polar surface area (TPSA) is 69.0 Å². The van der Waals surface area contributed by atoms with Crippen molar-refractivity contribution < 1.29 is 18.7 Å². The van der Waals surface area contributed by atoms with E-state index in [1.165, 1.54) is 0 Å². The van der Waals surface area contributed by atoms with Gasteiger partial charge in [0.05, 0.1) is 30.2 Å². The average molecular weight is 421 g/mol. The number of methoxy groups -OCH3 is 1. The van der Waals surface area contributed by atoms with E-state index in [4.69, 9.17) is 13.9 Å². The molecule has 0 saturated heterocycles. The zero-order valence-corrected chi connectivity index (χ0v) is 18.1. The zero-order valence-electron chi connectivity index (χ0n) is 18.1. The van der Waals surface area contributed by atoms with Gasteiger partial charge in [0.15, 0.2) is 5.43 Å². The third-order valence-electron chi connectivity index (χ3n) is 5.55. The van der Waals surface area contributed by atoms with Crippen molar-refractivity contribution in [2.45, 2.75) is 26.3 Å². The first-order valence-corrected chi connectivity index (χ1v) is 10.6. The first kappa shape index (κ1) is 21.1. The molecule has 0 bridgehead atoms. The number of hydrogen-bond acceptors (Lipinski definition) is 5. The van der Waals surface area contributed by atoms with E-state index in [9.17, 15) is 9.59 Å². The molecule has 6 nitrogen and oxygen atoms in total. The number of hydrogen-bond donors (Lipinski definition) is 0. The molecular weight excluding hydrogens is 394 g/mol. The van der Waals surface area contributed by atoms with Crippen molar-refractivity contribution in [1.29, 1.82) is 0 Å². The van der Waals surface area contributed by atoms with Crippen LogP contribution in [0.4, 0.5) is 0 Å². The molecule has 2 heterocycles. The molecule has 2 aromatic carbocycles. The van der Waals surface area contributed by atoms with Crippen LogP contribution in [0.3, 0.4) is 0 Å². The van der Waals surface area contributed by atoms with Gasteiger partial charge >= 0.3 is 0 Å². The van der Waals surface area contributed by atoms with Crippen molar-refractivity contribution in [1.82, 2.24) is 4.90 Å². The summed E-state index contributed by atoms with van der Waals surface area (Å²) in [6.45, 7) is 5.62. The molecule has 6 heteroatoms. The van der Waals surface area contributed by atoms with Gasteiger partial charge in [-0.3, -0.25) is 9.59 Å². The summed E-state index contributed by atoms with van der Waals surface area (Å²) >= 11 is 0. The van der Waals surface area contributed by atoms with E-state index in [0.29, 0.717) is 42.2 Å². The monoisotopic (exact) mass is 421 g/mol. The van der Waals surface area contributed by atoms with Crippen molar-refractivity contribution in [2.75, 3.05) is 26.9 Å². The van der Waals surface area contributed by atoms with Gasteiger partial charge in [-0.2, -0.15) is 0 Å². The molecule has 0 N–H and O–H groups in total. The second-order valence-corrected chi connectivity index (χ2v) is 8.17. The number of nitrogens with zero attached hydrogens (tertiary/aromatic N) is 1. The molecule has 0 fully saturated rings. The molecule has 31 heavy (non-hydrogen) atoms. The number of ether oxygens (including phenoxy) is 2. The highest BCUT2D eigenvalue weighted by atomic mass is 16.5. The first-order valence-electron chi connectivity index (χ1n) is 10.6. The normalized spacial score (nSPS) is 15.7. The molecule has 1 aromatic heterocycles. The number of rotatable bonds is 8. The maximum absolute atomic E-state index is 13.4. The van der Waals surface area contributed by atoms with E-state index < -0.39 is 6.04 Å². The lowest BCUT2D eigenvalue weighted by Gasteiger charge is -2.25. The second-order valence-electron chi connectivity index (χ2n) is 8.17. The molecule has 0 unspecified atom stereocenters. The van der Waals surface area contributed by atoms with Crippen molar-refractivity contribution in [3.8, 4) is 5.75 Å². The summed E-state index contributed by atoms with van der Waals surface area (Å²) in [6.07, 6.45) is 0.949. The van der Waals surface area contributed by atoms with Crippen LogP contribution in [0.2, 0.25) is 0 Å². The van der Waals surface area contributed by atoms with Crippen LogP contribution in [0.25, 0.3) is 11.0 Å². The number of carbonyl (C=O) groups excluding carboxylic acids is 1. The van der Waals surface area contributed by atoms with Gasteiger partial charge in [-0.15, -0.1) is 0 Å². The minimum Gasteiger partial charge on any atom is -0.494 e. The van der Waals surface area contributed by atoms with E-state index in [0.717, 1.165) is 17.7 Å². The van der Waals surface area contributed by atoms with Crippen molar-refractivity contribution in [3.63, 3.8) is 0 Å². The second kappa shape index (κ2) is 8.94. The Balaban J connectivity index is 1.79. The Morgan fingerprint density at radius 1 is 1.06 bits per heavy atom. The number of benzene rings is 2. The lowest BCUT2D eigenvalue weighted by Crippen LogP contribution is -2.32. The minimum atomic E-state index is -0.549. The maximum Gasteiger partial charge on any atom is 0.290 e. The Morgan fingerprint density at radius 3 is 2.65 bits per heavy atom. The summed E-state index contributed by atoms with van der Waals surface area (Å²) < 4.78 is 17.1. The van der Waals surface area contributed by atoms with Crippen LogP contribution < -0.4 is 10.2 Å². The van der Waals surface area contributed by atoms with E-state index in [-0.39, 0.29) is 17.1 Å². The molecule has 0 saturated carbocycles. The van der Waals surface area contributed by atoms with Crippen LogP contribution in [-0.2, 0) is 4.74 Å². The summed E-state index contributed by atoms with van der Waals surface area (Å²) in [5, 5.41) is 0.469. The predicted octanol–water partition coefficient (Wildman–Crippen LogP) is 4.41. The highest BCUT2D eigenvalue weighted by Crippen LogP contribution is 2.38. The van der Waals surface area contributed by atoms with E-state index in [1.54, 1.807) is 36.3 Å². The molecule has 162 valence electrons. The van der Waals surface area contributed by atoms with Crippen molar-refractivity contribution in [2.24, 2.45) is 5.92 Å². The lowest BCUT2D eigenvalue weighted by atomic mass is 9.98. The quantitative estimate of drug-likeness (QED) is 0.539. The molecule has 1 aliphatic rings. The first-order chi connectivity index (χ1) is 15.0. The molecule has 0 aliphatic carbocycles. The number of carbonyl (C=O) groups is 1. The number of amides is 1. The number of fused-ring (bicyclic) bond motifs is 2. The van der Waals surface area contributed by atoms with Gasteiger partial charge in [0.1, 0.15) is 11.3 Å². The highest BCUT2D eigenvalue weighted by molar-refractivity contribution is 5.99. The predicted molar refractivity (Wildman–Crippen MR) is 119 cm³/mol. The fourth-order valence-electron chi connectivity index (χ4n) is 3.92. The molecule has 1 aliphatic heterocycles. The Hall–Kier alpha value is -3.12. The summed E-state index contributed by atoms with van der Waals surface area (Å²) in [6, 6.07) is 14.1. The van der Waals surface area contributed by atoms with Gasteiger partial charge in [0.25, 0.3) is 5.91 Å². The summed E-state index contributed by atoms with van der Waals surface area (Å²) in [5.41, 5.74) is 1.42. The van der Waals surface area contributed by atoms with Gasteiger partial charge in [0.2, 0.25) is 5.76 Å². The summed E-state index contributed by atoms with van der Waals surface area (Å²) in [5.74, 6) is 1.07. The SMILES string of the molecule is COCCN1C(=O)c2oc3ccccc3c(=O)c2[C@H]1c1cccc(OCCC(C)C)c1. The zero-order chi connectivity index (χ0) is 22.0. The minimum absolute atomic E-state index is 0.107. The summed E-state index contributed by atoms with van der Waals surface area (Å²) in [4.78, 5) is 28.3. The van der Waals surface area contributed by atoms with Crippen molar-refractivity contribution in [3.05, 3.63) is 75.6 Å². The van der Waals surface area contributed by atoms with Gasteiger partial charge in [-0.1, -0.05) is 38.1 Å². The summed E-state index contributed by atoms with van der Waals surface area (Å²) in [7, 11) is 1.59. The smallest absolute Gasteiger partial charge is 0.290 e. The van der Waals surface area contributed by atoms with Crippen LogP contribution in [0.5, 0.6) is 5.75 Å². The molecular formula is C25H27NO5. The van der Waals surface area contributed by atoms with Gasteiger partial charge in [-0.25, -0.2) is 0 Å². The molecule has 4 rings (SSSR count). The molecule has 1 amide bonds. The Bertz CT molecular complexity index is 1150. The van der Waals surface area contributed by atoms with Gasteiger partial charge < -0.3 is 18.8 Å². The van der Waals surface area contributed by atoms with Crippen LogP contribution >= 0.6 is 0 Å². The Kier molecular flexibility index (Phi) is 6.09. The fourth-order valence-corrected chi connectivity index (χ4v) is 3.92. The van der Waals surface area contributed by atoms with Crippen LogP contribution in [0.15, 0.2) is 57.7 Å². The fraction of sp³-hybridized carbons (Fsp3) is 0.360. The third kappa shape index (κ3) is 4.08. The highest BCUT2D eigenvalue weighted by Gasteiger charge is 2.42. The Labute approximate surface area is 181 Å². The molecule has 1 atom stereocenters. The van der Waals surface area contributed by atoms with Crippen LogP contribution in [0, 0.1) is 5.92 Å². The maximum atomic E-state index is 13.4. The van der Waals surface area contributed by atoms with Gasteiger partial charge in [0, 0.05) is 13.7 Å². The average Bonchev–Trinajstić information content (AvgIpc) is 3.04. The lowest BCUT2D eigenvalue weighted by molar-refractivity contribution is 0.0663. The van der Waals surface area contributed by atoms with Crippen molar-refractivity contribution >= 4 is 16.9 Å². The molecule has 0 spiro atoms. The van der Waals surface area contributed by atoms with E-state index >= 15 is 0 Å².